The number of hydrogen-bond acceptors (Lipinski definition) is 4. The van der Waals surface area contributed by atoms with E-state index in [9.17, 15) is 4.79 Å². The maximum Gasteiger partial charge on any atom is 0.274 e. The summed E-state index contributed by atoms with van der Waals surface area (Å²) in [4.78, 5) is 16.1. The summed E-state index contributed by atoms with van der Waals surface area (Å²) in [5.74, 6) is 0.303. The fourth-order valence-corrected chi connectivity index (χ4v) is 1.68. The Kier molecular flexibility index (Phi) is 4.20. The van der Waals surface area contributed by atoms with Gasteiger partial charge in [0.25, 0.3) is 5.91 Å². The largest absolute Gasteiger partial charge is 0.489 e. The van der Waals surface area contributed by atoms with Crippen LogP contribution in [0.15, 0.2) is 42.6 Å². The van der Waals surface area contributed by atoms with E-state index >= 15 is 0 Å². The van der Waals surface area contributed by atoms with Gasteiger partial charge < -0.3 is 15.8 Å². The van der Waals surface area contributed by atoms with Crippen molar-refractivity contribution in [2.24, 2.45) is 0 Å². The van der Waals surface area contributed by atoms with E-state index in [2.05, 4.69) is 10.3 Å². The third-order valence-electron chi connectivity index (χ3n) is 2.51. The molecule has 0 spiro atoms. The number of para-hydroxylation sites is 2. The van der Waals surface area contributed by atoms with Crippen molar-refractivity contribution in [2.45, 2.75) is 20.0 Å². The van der Waals surface area contributed by atoms with Crippen LogP contribution in [0.2, 0.25) is 0 Å². The lowest BCUT2D eigenvalue weighted by Gasteiger charge is -2.14. The van der Waals surface area contributed by atoms with Crippen molar-refractivity contribution in [3.05, 3.63) is 48.3 Å². The molecule has 0 radical (unpaired) electrons. The van der Waals surface area contributed by atoms with Gasteiger partial charge in [0.05, 0.1) is 11.8 Å². The minimum atomic E-state index is -0.322. The normalized spacial score (nSPS) is 10.3. The number of carbonyl (C=O) groups excluding carboxylic acids is 1. The van der Waals surface area contributed by atoms with Crippen molar-refractivity contribution in [3.8, 4) is 5.75 Å². The molecule has 0 aliphatic heterocycles. The van der Waals surface area contributed by atoms with E-state index in [4.69, 9.17) is 10.5 Å². The van der Waals surface area contributed by atoms with Crippen LogP contribution in [0, 0.1) is 0 Å². The van der Waals surface area contributed by atoms with Crippen molar-refractivity contribution in [3.63, 3.8) is 0 Å². The molecule has 5 nitrogen and oxygen atoms in total. The first-order chi connectivity index (χ1) is 9.56. The number of rotatable bonds is 4. The SMILES string of the molecule is CC(C)Oc1ccccc1NC(=O)c1cc(N)ccn1. The second-order valence-electron chi connectivity index (χ2n) is 4.59. The number of nitrogen functional groups attached to an aromatic ring is 1. The predicted octanol–water partition coefficient (Wildman–Crippen LogP) is 2.70. The third-order valence-corrected chi connectivity index (χ3v) is 2.51. The average molecular weight is 271 g/mol. The molecule has 0 unspecified atom stereocenters. The minimum absolute atomic E-state index is 0.0264. The number of benzene rings is 1. The summed E-state index contributed by atoms with van der Waals surface area (Å²) in [5, 5.41) is 2.78. The number of nitrogens with two attached hydrogens (primary N) is 1. The maximum absolute atomic E-state index is 12.1. The van der Waals surface area contributed by atoms with Crippen molar-refractivity contribution in [1.29, 1.82) is 0 Å². The van der Waals surface area contributed by atoms with Crippen molar-refractivity contribution >= 4 is 17.3 Å². The van der Waals surface area contributed by atoms with Gasteiger partial charge in [0, 0.05) is 11.9 Å². The summed E-state index contributed by atoms with van der Waals surface area (Å²) in [6.45, 7) is 3.86. The van der Waals surface area contributed by atoms with Gasteiger partial charge >= 0.3 is 0 Å². The summed E-state index contributed by atoms with van der Waals surface area (Å²) >= 11 is 0. The molecule has 1 heterocycles. The highest BCUT2D eigenvalue weighted by Gasteiger charge is 2.11. The standard InChI is InChI=1S/C15H17N3O2/c1-10(2)20-14-6-4-3-5-12(14)18-15(19)13-9-11(16)7-8-17-13/h3-10H,1-2H3,(H2,16,17)(H,18,19). The van der Waals surface area contributed by atoms with E-state index in [0.717, 1.165) is 0 Å². The Balaban J connectivity index is 2.19. The zero-order valence-electron chi connectivity index (χ0n) is 11.5. The monoisotopic (exact) mass is 271 g/mol. The Bertz CT molecular complexity index is 612. The Morgan fingerprint density at radius 2 is 2.05 bits per heavy atom. The van der Waals surface area contributed by atoms with Crippen molar-refractivity contribution in [1.82, 2.24) is 4.98 Å². The van der Waals surface area contributed by atoms with Gasteiger partial charge in [-0.05, 0) is 38.1 Å². The first-order valence-corrected chi connectivity index (χ1v) is 6.35. The number of aromatic nitrogens is 1. The highest BCUT2D eigenvalue weighted by molar-refractivity contribution is 6.04. The van der Waals surface area contributed by atoms with Crippen molar-refractivity contribution < 1.29 is 9.53 Å². The number of carbonyl (C=O) groups is 1. The number of pyridine rings is 1. The van der Waals surface area contributed by atoms with Crippen LogP contribution in [0.1, 0.15) is 24.3 Å². The van der Waals surface area contributed by atoms with E-state index in [1.807, 2.05) is 32.0 Å². The van der Waals surface area contributed by atoms with Gasteiger partial charge in [-0.25, -0.2) is 0 Å². The molecule has 0 bridgehead atoms. The van der Waals surface area contributed by atoms with Crippen LogP contribution in [0.25, 0.3) is 0 Å². The molecule has 1 aromatic heterocycles. The smallest absolute Gasteiger partial charge is 0.274 e. The number of amides is 1. The molecule has 104 valence electrons. The molecule has 2 rings (SSSR count). The van der Waals surface area contributed by atoms with Crippen LogP contribution in [0.5, 0.6) is 5.75 Å². The molecule has 1 amide bonds. The second-order valence-corrected chi connectivity index (χ2v) is 4.59. The summed E-state index contributed by atoms with van der Waals surface area (Å²) in [6.07, 6.45) is 1.53. The molecule has 0 atom stereocenters. The third kappa shape index (κ3) is 3.47. The van der Waals surface area contributed by atoms with Gasteiger partial charge in [0.1, 0.15) is 11.4 Å². The van der Waals surface area contributed by atoms with Gasteiger partial charge in [0.15, 0.2) is 0 Å². The number of hydrogen-bond donors (Lipinski definition) is 2. The molecule has 0 fully saturated rings. The predicted molar refractivity (Wildman–Crippen MR) is 78.8 cm³/mol. The van der Waals surface area contributed by atoms with Gasteiger partial charge in [-0.2, -0.15) is 0 Å². The van der Waals surface area contributed by atoms with E-state index in [1.54, 1.807) is 12.1 Å². The molecule has 5 heteroatoms. The van der Waals surface area contributed by atoms with Crippen molar-refractivity contribution in [2.75, 3.05) is 11.1 Å². The lowest BCUT2D eigenvalue weighted by atomic mass is 10.2. The lowest BCUT2D eigenvalue weighted by Crippen LogP contribution is -2.15. The molecule has 0 aliphatic carbocycles. The van der Waals surface area contributed by atoms with Gasteiger partial charge in [-0.15, -0.1) is 0 Å². The zero-order chi connectivity index (χ0) is 14.5. The maximum atomic E-state index is 12.1. The first-order valence-electron chi connectivity index (χ1n) is 6.35. The number of ether oxygens (including phenoxy) is 1. The Hall–Kier alpha value is -2.56. The molecular formula is C15H17N3O2. The molecule has 1 aromatic carbocycles. The van der Waals surface area contributed by atoms with Gasteiger partial charge in [0.2, 0.25) is 0 Å². The highest BCUT2D eigenvalue weighted by atomic mass is 16.5. The lowest BCUT2D eigenvalue weighted by molar-refractivity contribution is 0.102. The molecule has 3 N–H and O–H groups in total. The molecule has 20 heavy (non-hydrogen) atoms. The van der Waals surface area contributed by atoms with E-state index in [-0.39, 0.29) is 17.7 Å². The summed E-state index contributed by atoms with van der Waals surface area (Å²) in [5.41, 5.74) is 7.01. The number of nitrogens with zero attached hydrogens (tertiary/aromatic N) is 1. The van der Waals surface area contributed by atoms with E-state index in [0.29, 0.717) is 17.1 Å². The summed E-state index contributed by atoms with van der Waals surface area (Å²) in [7, 11) is 0. The Labute approximate surface area is 117 Å². The van der Waals surface area contributed by atoms with E-state index < -0.39 is 0 Å². The number of anilines is 2. The Morgan fingerprint density at radius 1 is 1.30 bits per heavy atom. The molecule has 0 saturated carbocycles. The quantitative estimate of drug-likeness (QED) is 0.896. The van der Waals surface area contributed by atoms with E-state index in [1.165, 1.54) is 12.3 Å². The van der Waals surface area contributed by atoms with Crippen LogP contribution in [0.3, 0.4) is 0 Å². The fraction of sp³-hybridized carbons (Fsp3) is 0.200. The van der Waals surface area contributed by atoms with Crippen LogP contribution < -0.4 is 15.8 Å². The summed E-state index contributed by atoms with van der Waals surface area (Å²) in [6, 6.07) is 10.4. The second kappa shape index (κ2) is 6.06. The molecule has 2 aromatic rings. The number of nitrogens with one attached hydrogen (secondary N) is 1. The molecule has 0 saturated heterocycles. The minimum Gasteiger partial charge on any atom is -0.489 e. The summed E-state index contributed by atoms with van der Waals surface area (Å²) < 4.78 is 5.65. The average Bonchev–Trinajstić information content (AvgIpc) is 2.40. The zero-order valence-corrected chi connectivity index (χ0v) is 11.5. The molecule has 0 aliphatic rings. The van der Waals surface area contributed by atoms with Gasteiger partial charge in [-0.1, -0.05) is 12.1 Å². The van der Waals surface area contributed by atoms with Crippen LogP contribution in [0.4, 0.5) is 11.4 Å². The van der Waals surface area contributed by atoms with Crippen LogP contribution >= 0.6 is 0 Å². The van der Waals surface area contributed by atoms with Gasteiger partial charge in [-0.3, -0.25) is 9.78 Å². The van der Waals surface area contributed by atoms with Crippen LogP contribution in [-0.2, 0) is 0 Å². The molecular weight excluding hydrogens is 254 g/mol. The topological polar surface area (TPSA) is 77.2 Å². The fourth-order valence-electron chi connectivity index (χ4n) is 1.68. The Morgan fingerprint density at radius 3 is 2.75 bits per heavy atom. The first kappa shape index (κ1) is 13.9. The highest BCUT2D eigenvalue weighted by Crippen LogP contribution is 2.25. The van der Waals surface area contributed by atoms with Crippen LogP contribution in [-0.4, -0.2) is 17.0 Å².